The van der Waals surface area contributed by atoms with Crippen molar-refractivity contribution in [2.45, 2.75) is 56.1 Å². The van der Waals surface area contributed by atoms with Gasteiger partial charge in [-0.15, -0.1) is 0 Å². The number of quaternary nitrogens is 1. The number of fused-ring (bicyclic) bond motifs is 2. The Balaban J connectivity index is 1.37. The molecule has 0 aromatic heterocycles. The van der Waals surface area contributed by atoms with Crippen molar-refractivity contribution in [1.29, 1.82) is 0 Å². The van der Waals surface area contributed by atoms with E-state index < -0.39 is 51.3 Å². The van der Waals surface area contributed by atoms with Crippen LogP contribution in [0.2, 0.25) is 0 Å². The van der Waals surface area contributed by atoms with Gasteiger partial charge in [0.1, 0.15) is 23.6 Å². The van der Waals surface area contributed by atoms with Crippen LogP contribution in [0.5, 0.6) is 11.5 Å². The normalized spacial score (nSPS) is 24.5. The van der Waals surface area contributed by atoms with Gasteiger partial charge in [0.15, 0.2) is 17.8 Å². The molecular formula is C28H36N2O10S. The standard InChI is InChI=1S/C28H36N2O10S/c1-18(2)14-30(33,41(34,35)20-8-9-24-25(13-20)39-17-38-24)15-23(31)22(12-19-6-4-3-5-7-19)29-28(32)40-26-16-37-27-21(26)10-11-36-27/h3-9,13,18,21-23,26-27,31H,10-12,14-17H2,1-2H3,(H,29,32). The highest BCUT2D eigenvalue weighted by atomic mass is 32.2. The average Bonchev–Trinajstić information content (AvgIpc) is 3.66. The number of amides is 1. The summed E-state index contributed by atoms with van der Waals surface area (Å²) in [6.45, 7) is 3.07. The van der Waals surface area contributed by atoms with Crippen LogP contribution < -0.4 is 14.8 Å². The first kappa shape index (κ1) is 29.5. The molecule has 12 nitrogen and oxygen atoms in total. The number of ether oxygens (including phenoxy) is 5. The third-order valence-corrected chi connectivity index (χ3v) is 9.52. The number of hydroxylamine groups is 2. The zero-order chi connectivity index (χ0) is 29.2. The number of sulfonamides is 1. The molecule has 1 amide bonds. The van der Waals surface area contributed by atoms with Gasteiger partial charge in [-0.3, -0.25) is 0 Å². The van der Waals surface area contributed by atoms with Gasteiger partial charge in [0.05, 0.1) is 31.7 Å². The Morgan fingerprint density at radius 2 is 1.88 bits per heavy atom. The Kier molecular flexibility index (Phi) is 8.73. The van der Waals surface area contributed by atoms with E-state index in [2.05, 4.69) is 5.32 Å². The van der Waals surface area contributed by atoms with Gasteiger partial charge in [-0.2, -0.15) is 8.42 Å². The summed E-state index contributed by atoms with van der Waals surface area (Å²) in [5.74, 6) is 0.200. The minimum absolute atomic E-state index is 0.0503. The summed E-state index contributed by atoms with van der Waals surface area (Å²) in [7, 11) is -4.56. The number of aliphatic hydroxyl groups excluding tert-OH is 1. The maximum atomic E-state index is 14.2. The largest absolute Gasteiger partial charge is 0.616 e. The molecule has 6 unspecified atom stereocenters. The lowest BCUT2D eigenvalue weighted by molar-refractivity contribution is -0.761. The molecule has 2 N–H and O–H groups in total. The Morgan fingerprint density at radius 3 is 2.63 bits per heavy atom. The van der Waals surface area contributed by atoms with Crippen LogP contribution in [0.3, 0.4) is 0 Å². The van der Waals surface area contributed by atoms with Crippen molar-refractivity contribution in [2.24, 2.45) is 11.8 Å². The first-order valence-corrected chi connectivity index (χ1v) is 15.1. The number of hydrogen-bond donors (Lipinski definition) is 2. The quantitative estimate of drug-likeness (QED) is 0.294. The topological polar surface area (TPSA) is 153 Å². The molecule has 3 heterocycles. The van der Waals surface area contributed by atoms with Crippen molar-refractivity contribution in [2.75, 3.05) is 33.1 Å². The van der Waals surface area contributed by atoms with E-state index in [1.165, 1.54) is 18.2 Å². The highest BCUT2D eigenvalue weighted by Crippen LogP contribution is 2.37. The molecule has 0 radical (unpaired) electrons. The molecule has 2 saturated heterocycles. The van der Waals surface area contributed by atoms with Crippen molar-refractivity contribution in [3.8, 4) is 11.5 Å². The van der Waals surface area contributed by atoms with Gasteiger partial charge in [0.2, 0.25) is 6.79 Å². The summed E-state index contributed by atoms with van der Waals surface area (Å²) in [6.07, 6.45) is -2.42. The van der Waals surface area contributed by atoms with Gasteiger partial charge in [0.25, 0.3) is 0 Å². The third kappa shape index (κ3) is 6.45. The first-order valence-electron chi connectivity index (χ1n) is 13.7. The zero-order valence-corrected chi connectivity index (χ0v) is 23.8. The number of nitrogens with one attached hydrogen (secondary N) is 1. The molecule has 2 aromatic carbocycles. The molecular weight excluding hydrogens is 556 g/mol. The summed E-state index contributed by atoms with van der Waals surface area (Å²) in [6, 6.07) is 12.0. The lowest BCUT2D eigenvalue weighted by atomic mass is 10.0. The molecule has 13 heteroatoms. The second-order valence-electron chi connectivity index (χ2n) is 11.0. The van der Waals surface area contributed by atoms with E-state index in [-0.39, 0.29) is 48.8 Å². The van der Waals surface area contributed by atoms with Gasteiger partial charge in [0, 0.05) is 12.0 Å². The van der Waals surface area contributed by atoms with Crippen molar-refractivity contribution < 1.29 is 46.1 Å². The molecule has 0 aliphatic carbocycles. The average molecular weight is 593 g/mol. The summed E-state index contributed by atoms with van der Waals surface area (Å²) in [5.41, 5.74) is 0.775. The summed E-state index contributed by atoms with van der Waals surface area (Å²) in [5, 5.41) is 28.3. The number of alkyl carbamates (subject to hydrolysis) is 1. The second-order valence-corrected chi connectivity index (χ2v) is 13.1. The fourth-order valence-electron chi connectivity index (χ4n) is 5.49. The van der Waals surface area contributed by atoms with E-state index in [1.54, 1.807) is 13.8 Å². The van der Waals surface area contributed by atoms with Crippen LogP contribution >= 0.6 is 0 Å². The van der Waals surface area contributed by atoms with Gasteiger partial charge >= 0.3 is 16.1 Å². The Labute approximate surface area is 239 Å². The minimum atomic E-state index is -4.56. The molecule has 3 aliphatic rings. The minimum Gasteiger partial charge on any atom is -0.616 e. The number of benzene rings is 2. The van der Waals surface area contributed by atoms with Crippen LogP contribution in [0.15, 0.2) is 53.4 Å². The fraction of sp³-hybridized carbons (Fsp3) is 0.536. The van der Waals surface area contributed by atoms with Crippen molar-refractivity contribution in [3.63, 3.8) is 0 Å². The molecule has 6 atom stereocenters. The molecule has 3 aliphatic heterocycles. The predicted molar refractivity (Wildman–Crippen MR) is 145 cm³/mol. The summed E-state index contributed by atoms with van der Waals surface area (Å²) in [4.78, 5) is 12.8. The number of hydrogen-bond acceptors (Lipinski definition) is 10. The molecule has 0 spiro atoms. The van der Waals surface area contributed by atoms with Gasteiger partial charge in [-0.05, 0) is 30.5 Å². The van der Waals surface area contributed by atoms with E-state index in [9.17, 15) is 23.5 Å². The van der Waals surface area contributed by atoms with Crippen molar-refractivity contribution in [1.82, 2.24) is 5.32 Å². The van der Waals surface area contributed by atoms with Crippen LogP contribution in [-0.2, 0) is 30.7 Å². The van der Waals surface area contributed by atoms with Crippen molar-refractivity contribution in [3.05, 3.63) is 59.3 Å². The van der Waals surface area contributed by atoms with Crippen LogP contribution in [0, 0.1) is 17.0 Å². The van der Waals surface area contributed by atoms with Crippen molar-refractivity contribution >= 4 is 16.1 Å². The molecule has 224 valence electrons. The third-order valence-electron chi connectivity index (χ3n) is 7.50. The molecule has 5 rings (SSSR count). The molecule has 2 fully saturated rings. The maximum absolute atomic E-state index is 14.2. The number of carbonyl (C=O) groups is 1. The van der Waals surface area contributed by atoms with E-state index in [4.69, 9.17) is 23.7 Å². The number of rotatable bonds is 11. The lowest BCUT2D eigenvalue weighted by Crippen LogP contribution is -2.58. The SMILES string of the molecule is CC(C)C[N+]([O-])(CC(O)C(Cc1ccccc1)NC(=O)OC1COC2OCCC12)S(=O)(=O)c1ccc2c(c1)OCO2. The first-order chi connectivity index (χ1) is 19.6. The number of carbonyl (C=O) groups excluding carboxylic acids is 1. The van der Waals surface area contributed by atoms with Gasteiger partial charge < -0.3 is 39.3 Å². The van der Waals surface area contributed by atoms with E-state index in [0.717, 1.165) is 5.56 Å². The maximum Gasteiger partial charge on any atom is 0.407 e. The highest BCUT2D eigenvalue weighted by Gasteiger charge is 2.45. The Bertz CT molecular complexity index is 1320. The van der Waals surface area contributed by atoms with Crippen LogP contribution in [0.4, 0.5) is 4.79 Å². The lowest BCUT2D eigenvalue weighted by Gasteiger charge is -2.43. The van der Waals surface area contributed by atoms with Gasteiger partial charge in [-0.25, -0.2) is 8.85 Å². The zero-order valence-electron chi connectivity index (χ0n) is 23.0. The number of nitrogens with zero attached hydrogens (tertiary/aromatic N) is 1. The van der Waals surface area contributed by atoms with Crippen LogP contribution in [-0.4, -0.2) is 81.3 Å². The Morgan fingerprint density at radius 1 is 1.12 bits per heavy atom. The molecule has 0 saturated carbocycles. The van der Waals surface area contributed by atoms with E-state index in [0.29, 0.717) is 18.8 Å². The second kappa shape index (κ2) is 12.1. The monoisotopic (exact) mass is 592 g/mol. The molecule has 0 bridgehead atoms. The van der Waals surface area contributed by atoms with E-state index in [1.807, 2.05) is 30.3 Å². The fourth-order valence-corrected chi connectivity index (χ4v) is 7.21. The van der Waals surface area contributed by atoms with Crippen LogP contribution in [0.1, 0.15) is 25.8 Å². The number of aliphatic hydroxyl groups is 1. The molecule has 41 heavy (non-hydrogen) atoms. The predicted octanol–water partition coefficient (Wildman–Crippen LogP) is 2.53. The highest BCUT2D eigenvalue weighted by molar-refractivity contribution is 7.86. The van der Waals surface area contributed by atoms with Crippen LogP contribution in [0.25, 0.3) is 0 Å². The van der Waals surface area contributed by atoms with Gasteiger partial charge in [-0.1, -0.05) is 44.2 Å². The Hall–Kier alpha value is -2.94. The molecule has 2 aromatic rings. The summed E-state index contributed by atoms with van der Waals surface area (Å²) >= 11 is 0. The summed E-state index contributed by atoms with van der Waals surface area (Å²) < 4.78 is 53.1. The smallest absolute Gasteiger partial charge is 0.407 e. The van der Waals surface area contributed by atoms with E-state index >= 15 is 0 Å².